The molecule has 0 saturated carbocycles. The van der Waals surface area contributed by atoms with Gasteiger partial charge in [0.25, 0.3) is 0 Å². The Kier molecular flexibility index (Phi) is 3.08. The molecule has 37 valence electrons. The second-order valence-corrected chi connectivity index (χ2v) is 1.32. The molecule has 0 aromatic heterocycles. The van der Waals surface area contributed by atoms with Crippen molar-refractivity contribution in [3.05, 3.63) is 0 Å². The molecular weight excluding hydrogens is 80.0 g/mol. The predicted octanol–water partition coefficient (Wildman–Crippen LogP) is 0.620. The van der Waals surface area contributed by atoms with E-state index in [0.717, 1.165) is 13.2 Å². The molecule has 1 fully saturated rings. The lowest BCUT2D eigenvalue weighted by molar-refractivity contribution is 0.198. The molecule has 6 heavy (non-hydrogen) atoms. The van der Waals surface area contributed by atoms with Crippen molar-refractivity contribution in [1.82, 2.24) is 0 Å². The SMILES string of the molecule is C1CCOC1.[OH]. The lowest BCUT2D eigenvalue weighted by Crippen LogP contribution is -1.74. The molecule has 0 atom stereocenters. The molecule has 1 N–H and O–H groups in total. The van der Waals surface area contributed by atoms with Gasteiger partial charge in [0.05, 0.1) is 0 Å². The van der Waals surface area contributed by atoms with Gasteiger partial charge in [-0.25, -0.2) is 0 Å². The van der Waals surface area contributed by atoms with Crippen LogP contribution in [0.4, 0.5) is 0 Å². The lowest BCUT2D eigenvalue weighted by Gasteiger charge is -1.76. The summed E-state index contributed by atoms with van der Waals surface area (Å²) in [6.07, 6.45) is 2.56. The fraction of sp³-hybridized carbons (Fsp3) is 1.00. The molecule has 0 aromatic carbocycles. The van der Waals surface area contributed by atoms with Crippen LogP contribution in [0.2, 0.25) is 0 Å². The number of ether oxygens (including phenoxy) is 1. The summed E-state index contributed by atoms with van der Waals surface area (Å²) in [7, 11) is 0. The van der Waals surface area contributed by atoms with E-state index in [4.69, 9.17) is 4.74 Å². The zero-order valence-corrected chi connectivity index (χ0v) is 3.68. The van der Waals surface area contributed by atoms with Crippen molar-refractivity contribution < 1.29 is 10.2 Å². The minimum absolute atomic E-state index is 0. The molecule has 1 heterocycles. The first kappa shape index (κ1) is 5.92. The lowest BCUT2D eigenvalue weighted by atomic mass is 10.4. The van der Waals surface area contributed by atoms with Gasteiger partial charge in [-0.3, -0.25) is 5.48 Å². The Balaban J connectivity index is 0.000000250. The Bertz CT molecular complexity index is 17.1. The van der Waals surface area contributed by atoms with Crippen molar-refractivity contribution in [2.45, 2.75) is 12.8 Å². The van der Waals surface area contributed by atoms with Crippen molar-refractivity contribution in [1.29, 1.82) is 0 Å². The third kappa shape index (κ3) is 1.38. The number of rotatable bonds is 0. The second kappa shape index (κ2) is 3.12. The van der Waals surface area contributed by atoms with Crippen LogP contribution in [0.5, 0.6) is 0 Å². The highest BCUT2D eigenvalue weighted by molar-refractivity contribution is 4.43. The van der Waals surface area contributed by atoms with Gasteiger partial charge in [-0.2, -0.15) is 0 Å². The summed E-state index contributed by atoms with van der Waals surface area (Å²) in [6.45, 7) is 2.00. The molecule has 0 bridgehead atoms. The van der Waals surface area contributed by atoms with Gasteiger partial charge < -0.3 is 4.74 Å². The van der Waals surface area contributed by atoms with E-state index in [2.05, 4.69) is 0 Å². The molecule has 1 aliphatic rings. The number of hydrogen-bond donors (Lipinski definition) is 1. The maximum absolute atomic E-state index is 4.94. The molecular formula is C4H9O2. The average molecular weight is 89.1 g/mol. The summed E-state index contributed by atoms with van der Waals surface area (Å²) < 4.78 is 4.94. The van der Waals surface area contributed by atoms with Crippen LogP contribution >= 0.6 is 0 Å². The third-order valence-electron chi connectivity index (χ3n) is 0.827. The van der Waals surface area contributed by atoms with Crippen LogP contribution in [0, 0.1) is 0 Å². The fourth-order valence-electron chi connectivity index (χ4n) is 0.510. The Morgan fingerprint density at radius 3 is 1.67 bits per heavy atom. The normalized spacial score (nSPS) is 20.0. The molecule has 0 spiro atoms. The van der Waals surface area contributed by atoms with E-state index >= 15 is 0 Å². The van der Waals surface area contributed by atoms with Crippen molar-refractivity contribution in [2.24, 2.45) is 0 Å². The molecule has 0 aliphatic carbocycles. The van der Waals surface area contributed by atoms with Crippen LogP contribution in [0.25, 0.3) is 0 Å². The first-order valence-corrected chi connectivity index (χ1v) is 2.08. The first-order chi connectivity index (χ1) is 2.50. The van der Waals surface area contributed by atoms with Gasteiger partial charge >= 0.3 is 0 Å². The predicted molar refractivity (Wildman–Crippen MR) is 22.0 cm³/mol. The molecule has 2 heteroatoms. The average Bonchev–Trinajstić information content (AvgIpc) is 1.76. The molecule has 1 radical (unpaired) electrons. The molecule has 0 aromatic rings. The highest BCUT2D eigenvalue weighted by Crippen LogP contribution is 1.98. The Hall–Kier alpha value is -0.0800. The van der Waals surface area contributed by atoms with Gasteiger partial charge in [0.2, 0.25) is 0 Å². The fourth-order valence-corrected chi connectivity index (χ4v) is 0.510. The maximum atomic E-state index is 4.94. The van der Waals surface area contributed by atoms with Gasteiger partial charge in [0, 0.05) is 13.2 Å². The van der Waals surface area contributed by atoms with E-state index < -0.39 is 0 Å². The van der Waals surface area contributed by atoms with E-state index in [9.17, 15) is 0 Å². The largest absolute Gasteiger partial charge is 0.381 e. The molecule has 1 rings (SSSR count). The van der Waals surface area contributed by atoms with Crippen LogP contribution in [-0.4, -0.2) is 18.7 Å². The molecule has 1 saturated heterocycles. The molecule has 1 aliphatic heterocycles. The summed E-state index contributed by atoms with van der Waals surface area (Å²) in [5, 5.41) is 0. The molecule has 0 amide bonds. The quantitative estimate of drug-likeness (QED) is 0.464. The van der Waals surface area contributed by atoms with Crippen molar-refractivity contribution in [2.75, 3.05) is 13.2 Å². The third-order valence-corrected chi connectivity index (χ3v) is 0.827. The van der Waals surface area contributed by atoms with Crippen LogP contribution in [-0.2, 0) is 4.74 Å². The summed E-state index contributed by atoms with van der Waals surface area (Å²) in [5.41, 5.74) is 0. The standard InChI is InChI=1S/C4H8O.HO/c1-2-4-5-3-1;/h1-4H2;1H. The van der Waals surface area contributed by atoms with Gasteiger partial charge in [-0.15, -0.1) is 0 Å². The van der Waals surface area contributed by atoms with Crippen LogP contribution in [0.3, 0.4) is 0 Å². The monoisotopic (exact) mass is 89.1 g/mol. The summed E-state index contributed by atoms with van der Waals surface area (Å²) in [5.74, 6) is 0. The first-order valence-electron chi connectivity index (χ1n) is 2.08. The smallest absolute Gasteiger partial charge is 0.0466 e. The van der Waals surface area contributed by atoms with E-state index in [-0.39, 0.29) is 5.48 Å². The van der Waals surface area contributed by atoms with Crippen molar-refractivity contribution in [3.63, 3.8) is 0 Å². The van der Waals surface area contributed by atoms with Gasteiger partial charge in [-0.1, -0.05) is 0 Å². The van der Waals surface area contributed by atoms with Crippen molar-refractivity contribution >= 4 is 0 Å². The minimum atomic E-state index is 0. The van der Waals surface area contributed by atoms with Crippen LogP contribution < -0.4 is 0 Å². The van der Waals surface area contributed by atoms with Crippen molar-refractivity contribution in [3.8, 4) is 0 Å². The van der Waals surface area contributed by atoms with E-state index in [0.29, 0.717) is 0 Å². The summed E-state index contributed by atoms with van der Waals surface area (Å²) in [4.78, 5) is 0. The van der Waals surface area contributed by atoms with E-state index in [1.807, 2.05) is 0 Å². The summed E-state index contributed by atoms with van der Waals surface area (Å²) in [6, 6.07) is 0. The Morgan fingerprint density at radius 1 is 1.00 bits per heavy atom. The maximum Gasteiger partial charge on any atom is 0.0466 e. The Labute approximate surface area is 37.4 Å². The highest BCUT2D eigenvalue weighted by Gasteiger charge is 1.94. The van der Waals surface area contributed by atoms with Gasteiger partial charge in [0.1, 0.15) is 0 Å². The highest BCUT2D eigenvalue weighted by atomic mass is 16.5. The van der Waals surface area contributed by atoms with Gasteiger partial charge in [0.15, 0.2) is 0 Å². The van der Waals surface area contributed by atoms with Crippen LogP contribution in [0.15, 0.2) is 0 Å². The summed E-state index contributed by atoms with van der Waals surface area (Å²) >= 11 is 0. The number of hydrogen-bond acceptors (Lipinski definition) is 1. The van der Waals surface area contributed by atoms with E-state index in [1.165, 1.54) is 12.8 Å². The zero-order valence-electron chi connectivity index (χ0n) is 3.68. The molecule has 2 nitrogen and oxygen atoms in total. The zero-order chi connectivity index (χ0) is 3.54. The topological polar surface area (TPSA) is 39.2 Å². The second-order valence-electron chi connectivity index (χ2n) is 1.32. The van der Waals surface area contributed by atoms with E-state index in [1.54, 1.807) is 0 Å². The minimum Gasteiger partial charge on any atom is -0.381 e. The van der Waals surface area contributed by atoms with Gasteiger partial charge in [-0.05, 0) is 12.8 Å². The Morgan fingerprint density at radius 2 is 1.50 bits per heavy atom. The van der Waals surface area contributed by atoms with Crippen LogP contribution in [0.1, 0.15) is 12.8 Å². The molecule has 0 unspecified atom stereocenters.